The molecule has 3 aliphatic rings. The van der Waals surface area contributed by atoms with Gasteiger partial charge in [0.25, 0.3) is 0 Å². The van der Waals surface area contributed by atoms with Gasteiger partial charge in [-0.25, -0.2) is 0 Å². The molecule has 5 heteroatoms. The minimum atomic E-state index is 0.291. The summed E-state index contributed by atoms with van der Waals surface area (Å²) in [5.74, 6) is 1.17. The molecule has 0 aromatic carbocycles. The molecular weight excluding hydrogens is 264 g/mol. The van der Waals surface area contributed by atoms with Crippen LogP contribution in [0.4, 0.5) is 0 Å². The summed E-state index contributed by atoms with van der Waals surface area (Å²) in [6.45, 7) is 1.80. The maximum Gasteiger partial charge on any atom is 0.157 e. The highest BCUT2D eigenvalue weighted by Crippen LogP contribution is 2.34. The fourth-order valence-electron chi connectivity index (χ4n) is 3.02. The van der Waals surface area contributed by atoms with E-state index in [1.54, 1.807) is 0 Å². The van der Waals surface area contributed by atoms with Crippen molar-refractivity contribution in [3.63, 3.8) is 0 Å². The van der Waals surface area contributed by atoms with Gasteiger partial charge in [-0.2, -0.15) is 11.8 Å². The van der Waals surface area contributed by atoms with Gasteiger partial charge in [-0.3, -0.25) is 4.99 Å². The standard InChI is InChI=1S/C13H22N2OS2/c1-17-11-3-2-10(8-11)14-12-15-13(9-18-12)4-6-16-7-5-13/h10-11H,2-9H2,1H3,(H,14,15). The molecule has 1 aliphatic carbocycles. The van der Waals surface area contributed by atoms with Crippen molar-refractivity contribution in [3.05, 3.63) is 0 Å². The summed E-state index contributed by atoms with van der Waals surface area (Å²) < 4.78 is 5.46. The molecule has 2 saturated heterocycles. The number of aliphatic imine (C=N–C) groups is 1. The Kier molecular flexibility index (Phi) is 4.11. The van der Waals surface area contributed by atoms with E-state index in [2.05, 4.69) is 11.6 Å². The van der Waals surface area contributed by atoms with Gasteiger partial charge >= 0.3 is 0 Å². The molecule has 0 aromatic heterocycles. The van der Waals surface area contributed by atoms with Crippen LogP contribution in [-0.4, -0.2) is 47.2 Å². The SMILES string of the molecule is CSC1CCC(N=C2NC3(CCOCC3)CS2)C1. The Hall–Kier alpha value is 0.130. The lowest BCUT2D eigenvalue weighted by atomic mass is 9.93. The third-order valence-electron chi connectivity index (χ3n) is 4.30. The van der Waals surface area contributed by atoms with E-state index in [0.717, 1.165) is 31.3 Å². The van der Waals surface area contributed by atoms with Crippen molar-refractivity contribution >= 4 is 28.7 Å². The number of hydrogen-bond donors (Lipinski definition) is 1. The second-order valence-electron chi connectivity index (χ2n) is 5.57. The molecule has 0 amide bonds. The van der Waals surface area contributed by atoms with E-state index in [4.69, 9.17) is 9.73 Å². The average Bonchev–Trinajstić information content (AvgIpc) is 2.99. The molecular formula is C13H22N2OS2. The second-order valence-corrected chi connectivity index (χ2v) is 7.67. The van der Waals surface area contributed by atoms with Crippen LogP contribution in [0.2, 0.25) is 0 Å². The molecule has 0 aromatic rings. The average molecular weight is 286 g/mol. The molecule has 1 saturated carbocycles. The topological polar surface area (TPSA) is 33.6 Å². The molecule has 2 aliphatic heterocycles. The van der Waals surface area contributed by atoms with Gasteiger partial charge in [-0.15, -0.1) is 0 Å². The van der Waals surface area contributed by atoms with Crippen LogP contribution in [-0.2, 0) is 4.74 Å². The first-order chi connectivity index (χ1) is 8.80. The zero-order valence-electron chi connectivity index (χ0n) is 11.0. The molecule has 3 fully saturated rings. The molecule has 0 radical (unpaired) electrons. The molecule has 102 valence electrons. The number of nitrogens with zero attached hydrogens (tertiary/aromatic N) is 1. The van der Waals surface area contributed by atoms with Gasteiger partial charge in [0.15, 0.2) is 5.17 Å². The van der Waals surface area contributed by atoms with Gasteiger partial charge in [0.2, 0.25) is 0 Å². The van der Waals surface area contributed by atoms with Crippen molar-refractivity contribution in [2.75, 3.05) is 25.2 Å². The summed E-state index contributed by atoms with van der Waals surface area (Å²) in [6, 6.07) is 0.562. The lowest BCUT2D eigenvalue weighted by Crippen LogP contribution is -2.48. The van der Waals surface area contributed by atoms with E-state index < -0.39 is 0 Å². The van der Waals surface area contributed by atoms with Crippen LogP contribution in [0.1, 0.15) is 32.1 Å². The van der Waals surface area contributed by atoms with Gasteiger partial charge < -0.3 is 10.1 Å². The molecule has 2 heterocycles. The van der Waals surface area contributed by atoms with Gasteiger partial charge in [-0.05, 0) is 38.4 Å². The van der Waals surface area contributed by atoms with Crippen LogP contribution in [0.5, 0.6) is 0 Å². The maximum atomic E-state index is 5.46. The fourth-order valence-corrected chi connectivity index (χ4v) is 5.09. The summed E-state index contributed by atoms with van der Waals surface area (Å²) in [6.07, 6.45) is 8.37. The normalized spacial score (nSPS) is 37.3. The van der Waals surface area contributed by atoms with Crippen LogP contribution in [0.15, 0.2) is 4.99 Å². The quantitative estimate of drug-likeness (QED) is 0.846. The lowest BCUT2D eigenvalue weighted by Gasteiger charge is -2.32. The van der Waals surface area contributed by atoms with Crippen LogP contribution in [0.3, 0.4) is 0 Å². The summed E-state index contributed by atoms with van der Waals surface area (Å²) in [7, 11) is 0. The van der Waals surface area contributed by atoms with E-state index in [9.17, 15) is 0 Å². The van der Waals surface area contributed by atoms with Crippen LogP contribution in [0.25, 0.3) is 0 Å². The van der Waals surface area contributed by atoms with E-state index in [0.29, 0.717) is 11.6 Å². The highest BCUT2D eigenvalue weighted by atomic mass is 32.2. The highest BCUT2D eigenvalue weighted by Gasteiger charge is 2.39. The maximum absolute atomic E-state index is 5.46. The van der Waals surface area contributed by atoms with Crippen molar-refractivity contribution in [1.29, 1.82) is 0 Å². The number of thioether (sulfide) groups is 2. The highest BCUT2D eigenvalue weighted by molar-refractivity contribution is 8.14. The zero-order chi connectivity index (χ0) is 12.4. The van der Waals surface area contributed by atoms with E-state index in [1.807, 2.05) is 23.5 Å². The van der Waals surface area contributed by atoms with E-state index >= 15 is 0 Å². The Morgan fingerprint density at radius 2 is 2.22 bits per heavy atom. The predicted octanol–water partition coefficient (Wildman–Crippen LogP) is 2.51. The Morgan fingerprint density at radius 3 is 2.94 bits per heavy atom. The minimum absolute atomic E-state index is 0.291. The van der Waals surface area contributed by atoms with Crippen LogP contribution < -0.4 is 5.32 Å². The summed E-state index contributed by atoms with van der Waals surface area (Å²) in [5.41, 5.74) is 0.291. The number of hydrogen-bond acceptors (Lipinski definition) is 4. The third kappa shape index (κ3) is 2.83. The van der Waals surface area contributed by atoms with E-state index in [1.165, 1.54) is 30.2 Å². The fraction of sp³-hybridized carbons (Fsp3) is 0.923. The van der Waals surface area contributed by atoms with Crippen molar-refractivity contribution in [1.82, 2.24) is 5.32 Å². The molecule has 2 unspecified atom stereocenters. The van der Waals surface area contributed by atoms with Gasteiger partial charge in [0.1, 0.15) is 0 Å². The second kappa shape index (κ2) is 5.63. The Balaban J connectivity index is 1.58. The van der Waals surface area contributed by atoms with Gasteiger partial charge in [-0.1, -0.05) is 11.8 Å². The summed E-state index contributed by atoms with van der Waals surface area (Å²) >= 11 is 3.92. The van der Waals surface area contributed by atoms with Crippen LogP contribution >= 0.6 is 23.5 Å². The van der Waals surface area contributed by atoms with Crippen molar-refractivity contribution in [2.45, 2.75) is 48.9 Å². The van der Waals surface area contributed by atoms with E-state index in [-0.39, 0.29) is 0 Å². The minimum Gasteiger partial charge on any atom is -0.381 e. The first-order valence-electron chi connectivity index (χ1n) is 6.89. The molecule has 2 atom stereocenters. The molecule has 18 heavy (non-hydrogen) atoms. The zero-order valence-corrected chi connectivity index (χ0v) is 12.6. The first-order valence-corrected chi connectivity index (χ1v) is 9.16. The number of ether oxygens (including phenoxy) is 1. The monoisotopic (exact) mass is 286 g/mol. The number of amidine groups is 1. The molecule has 1 N–H and O–H groups in total. The Labute approximate surface area is 118 Å². The van der Waals surface area contributed by atoms with Gasteiger partial charge in [0.05, 0.1) is 11.6 Å². The van der Waals surface area contributed by atoms with Gasteiger partial charge in [0, 0.05) is 24.2 Å². The summed E-state index contributed by atoms with van der Waals surface area (Å²) in [4.78, 5) is 4.94. The Morgan fingerprint density at radius 1 is 1.39 bits per heavy atom. The Bertz CT molecular complexity index is 329. The van der Waals surface area contributed by atoms with Crippen molar-refractivity contribution in [3.8, 4) is 0 Å². The molecule has 3 nitrogen and oxygen atoms in total. The van der Waals surface area contributed by atoms with Crippen LogP contribution in [0, 0.1) is 0 Å². The number of rotatable bonds is 2. The van der Waals surface area contributed by atoms with Crippen molar-refractivity contribution < 1.29 is 4.74 Å². The van der Waals surface area contributed by atoms with Crippen molar-refractivity contribution in [2.24, 2.45) is 4.99 Å². The first kappa shape index (κ1) is 13.1. The molecule has 1 spiro atoms. The molecule has 3 rings (SSSR count). The number of nitrogens with one attached hydrogen (secondary N) is 1. The third-order valence-corrected chi connectivity index (χ3v) is 6.57. The summed E-state index contributed by atoms with van der Waals surface area (Å²) in [5, 5.41) is 5.73. The molecule has 0 bridgehead atoms. The lowest BCUT2D eigenvalue weighted by molar-refractivity contribution is 0.0555. The smallest absolute Gasteiger partial charge is 0.157 e. The predicted molar refractivity (Wildman–Crippen MR) is 80.8 cm³/mol. The largest absolute Gasteiger partial charge is 0.381 e.